The van der Waals surface area contributed by atoms with Crippen molar-refractivity contribution >= 4 is 29.8 Å². The summed E-state index contributed by atoms with van der Waals surface area (Å²) >= 11 is 0. The van der Waals surface area contributed by atoms with E-state index in [0.717, 1.165) is 69.1 Å². The van der Waals surface area contributed by atoms with Crippen molar-refractivity contribution in [2.75, 3.05) is 0 Å². The molecule has 0 aromatic heterocycles. The summed E-state index contributed by atoms with van der Waals surface area (Å²) in [4.78, 5) is 58.9. The van der Waals surface area contributed by atoms with Crippen molar-refractivity contribution in [1.82, 2.24) is 0 Å². The Labute approximate surface area is 390 Å². The van der Waals surface area contributed by atoms with Gasteiger partial charge in [0.25, 0.3) is 0 Å². The molecule has 10 atom stereocenters. The third kappa shape index (κ3) is 10.5. The van der Waals surface area contributed by atoms with E-state index in [-0.39, 0.29) is 58.6 Å². The van der Waals surface area contributed by atoms with Crippen molar-refractivity contribution in [2.45, 2.75) is 240 Å². The van der Waals surface area contributed by atoms with Gasteiger partial charge in [-0.1, -0.05) is 34.6 Å². The number of rotatable bonds is 12. The number of hydrogen-bond acceptors (Lipinski definition) is 11. The average molecular weight is 915 g/mol. The number of hydrogen-bond donors (Lipinski definition) is 2. The van der Waals surface area contributed by atoms with Gasteiger partial charge in [-0.25, -0.2) is 0 Å². The molecule has 8 saturated carbocycles. The van der Waals surface area contributed by atoms with Crippen LogP contribution < -0.4 is 0 Å². The minimum atomic E-state index is -0.722. The molecule has 3 aliphatic heterocycles. The van der Waals surface area contributed by atoms with Crippen LogP contribution in [0.15, 0.2) is 0 Å². The zero-order valence-corrected chi connectivity index (χ0v) is 42.3. The summed E-state index contributed by atoms with van der Waals surface area (Å²) in [5.41, 5.74) is -2.81. The topological polar surface area (TPSA) is 172 Å². The Morgan fingerprint density at radius 1 is 0.631 bits per heavy atom. The highest BCUT2D eigenvalue weighted by molar-refractivity contribution is 5.79. The minimum Gasteiger partial charge on any atom is -0.481 e. The zero-order valence-electron chi connectivity index (χ0n) is 42.3. The fraction of sp³-hybridized carbons (Fsp3) is 0.906. The van der Waals surface area contributed by atoms with Crippen molar-refractivity contribution in [3.05, 3.63) is 0 Å². The van der Waals surface area contributed by atoms with Gasteiger partial charge < -0.3 is 33.9 Å². The van der Waals surface area contributed by atoms with Gasteiger partial charge in [0.15, 0.2) is 12.2 Å². The molecular formula is C53H86O12. The number of aliphatic hydroxyl groups is 1. The first kappa shape index (κ1) is 51.7. The van der Waals surface area contributed by atoms with Crippen molar-refractivity contribution < 1.29 is 57.9 Å². The van der Waals surface area contributed by atoms with Gasteiger partial charge in [0.1, 0.15) is 17.3 Å². The highest BCUT2D eigenvalue weighted by atomic mass is 16.7. The molecular weight excluding hydrogens is 829 g/mol. The van der Waals surface area contributed by atoms with Crippen LogP contribution in [-0.2, 0) is 47.7 Å². The smallest absolute Gasteiger partial charge is 0.312 e. The van der Waals surface area contributed by atoms with Crippen molar-refractivity contribution in [1.29, 1.82) is 0 Å². The molecule has 12 heteroatoms. The van der Waals surface area contributed by atoms with Crippen LogP contribution in [0.5, 0.6) is 0 Å². The molecule has 0 aromatic carbocycles. The van der Waals surface area contributed by atoms with Gasteiger partial charge in [-0.2, -0.15) is 0 Å². The maximum atomic E-state index is 12.6. The average Bonchev–Trinajstić information content (AvgIpc) is 3.85. The fourth-order valence-electron chi connectivity index (χ4n) is 13.1. The van der Waals surface area contributed by atoms with Crippen LogP contribution >= 0.6 is 0 Å². The first-order valence-corrected chi connectivity index (χ1v) is 25.6. The van der Waals surface area contributed by atoms with Gasteiger partial charge in [-0.05, 0) is 188 Å². The highest BCUT2D eigenvalue weighted by Gasteiger charge is 2.66. The number of carboxylic acids is 1. The summed E-state index contributed by atoms with van der Waals surface area (Å²) in [5, 5.41) is 19.1. The van der Waals surface area contributed by atoms with Gasteiger partial charge in [0, 0.05) is 12.3 Å². The Hall–Kier alpha value is -2.73. The molecule has 2 N–H and O–H groups in total. The fourth-order valence-corrected chi connectivity index (χ4v) is 13.1. The van der Waals surface area contributed by atoms with Crippen LogP contribution in [0.25, 0.3) is 0 Å². The van der Waals surface area contributed by atoms with E-state index in [1.54, 1.807) is 13.8 Å². The number of esters is 4. The second-order valence-corrected chi connectivity index (χ2v) is 24.8. The van der Waals surface area contributed by atoms with E-state index in [2.05, 4.69) is 13.8 Å². The quantitative estimate of drug-likeness (QED) is 0.140. The maximum absolute atomic E-state index is 12.6. The predicted molar refractivity (Wildman–Crippen MR) is 245 cm³/mol. The lowest BCUT2D eigenvalue weighted by Gasteiger charge is -2.60. The number of fused-ring (bicyclic) bond motifs is 1. The number of aliphatic carboxylic acids is 1. The van der Waals surface area contributed by atoms with E-state index in [0.29, 0.717) is 43.4 Å². The summed E-state index contributed by atoms with van der Waals surface area (Å²) in [6, 6.07) is 0. The highest BCUT2D eigenvalue weighted by Crippen LogP contribution is 2.62. The molecule has 3 heterocycles. The van der Waals surface area contributed by atoms with Crippen molar-refractivity contribution in [3.8, 4) is 0 Å². The first-order chi connectivity index (χ1) is 30.1. The lowest BCUT2D eigenvalue weighted by atomic mass is 9.49. The second-order valence-electron chi connectivity index (χ2n) is 24.8. The molecule has 10 bridgehead atoms. The largest absolute Gasteiger partial charge is 0.481 e. The SMILES string of the molecule is CCC(C)(C)C(=O)O.CCC(C)(C)C(=O)OC12CC3CC(CC(O)(C3)C1)C2.CCC(C)(C)C(=O)OC1C2CC3C(=O)OC1C3O2.CCC1C2CC3CC(C2)CC1(OC(=O)C(C)(C)CC)C3. The van der Waals surface area contributed by atoms with E-state index in [1.807, 2.05) is 62.3 Å². The van der Waals surface area contributed by atoms with E-state index in [9.17, 15) is 29.1 Å². The molecule has 12 nitrogen and oxygen atoms in total. The van der Waals surface area contributed by atoms with E-state index in [1.165, 1.54) is 32.1 Å². The molecule has 0 aromatic rings. The lowest BCUT2D eigenvalue weighted by molar-refractivity contribution is -0.225. The molecule has 10 unspecified atom stereocenters. The molecule has 370 valence electrons. The number of carbonyl (C=O) groups excluding carboxylic acids is 4. The summed E-state index contributed by atoms with van der Waals surface area (Å²) in [6.45, 7) is 25.3. The Kier molecular flexibility index (Phi) is 14.8. The normalized spacial score (nSPS) is 38.9. The summed E-state index contributed by atoms with van der Waals surface area (Å²) in [7, 11) is 0. The Morgan fingerprint density at radius 3 is 1.58 bits per heavy atom. The first-order valence-electron chi connectivity index (χ1n) is 25.6. The van der Waals surface area contributed by atoms with Crippen LogP contribution in [0.2, 0.25) is 0 Å². The van der Waals surface area contributed by atoms with Gasteiger partial charge in [0.05, 0.1) is 39.3 Å². The van der Waals surface area contributed by atoms with Gasteiger partial charge in [-0.15, -0.1) is 0 Å². The molecule has 3 saturated heterocycles. The predicted octanol–water partition coefficient (Wildman–Crippen LogP) is 10.2. The maximum Gasteiger partial charge on any atom is 0.312 e. The molecule has 11 aliphatic rings. The number of ether oxygens (including phenoxy) is 5. The number of carboxylic acid groups (broad SMARTS) is 1. The monoisotopic (exact) mass is 915 g/mol. The Bertz CT molecular complexity index is 1750. The second kappa shape index (κ2) is 18.6. The third-order valence-corrected chi connectivity index (χ3v) is 18.3. The van der Waals surface area contributed by atoms with Gasteiger partial charge >= 0.3 is 29.8 Å². The standard InChI is InChI=1S/C18H30O2.C16H26O3.C13H18O5.C6H12O2/c1-5-15-14-8-12-7-13(9-14)11-18(15,10-12)20-16(19)17(3,4)6-2;1-4-14(2,3)13(17)19-16-8-11-5-12(9-16)7-15(18,6-11)10-16;1-4-13(2,3)12(15)18-9-7-5-6-8(16-7)10(9)17-11(6)14;1-4-6(2,3)5(7)8/h12-15H,5-11H2,1-4H3;11-12,18H,4-10H2,1-3H3;6-10H,4-5H2,1-3H3;4H2,1-3H3,(H,7,8). The number of carbonyl (C=O) groups is 5. The molecule has 65 heavy (non-hydrogen) atoms. The molecule has 11 fully saturated rings. The van der Waals surface area contributed by atoms with Crippen LogP contribution in [0.1, 0.15) is 199 Å². The van der Waals surface area contributed by atoms with Crippen LogP contribution in [0.3, 0.4) is 0 Å². The molecule has 8 aliphatic carbocycles. The summed E-state index contributed by atoms with van der Waals surface area (Å²) < 4.78 is 28.7. The minimum absolute atomic E-state index is 0.0420. The summed E-state index contributed by atoms with van der Waals surface area (Å²) in [5.74, 6) is 2.85. The molecule has 0 spiro atoms. The summed E-state index contributed by atoms with van der Waals surface area (Å²) in [6.07, 6.45) is 15.8. The molecule has 0 radical (unpaired) electrons. The van der Waals surface area contributed by atoms with Gasteiger partial charge in [-0.3, -0.25) is 24.0 Å². The van der Waals surface area contributed by atoms with Crippen LogP contribution in [-0.4, -0.2) is 81.3 Å². The Morgan fingerprint density at radius 2 is 1.12 bits per heavy atom. The zero-order chi connectivity index (χ0) is 48.3. The van der Waals surface area contributed by atoms with Crippen molar-refractivity contribution in [3.63, 3.8) is 0 Å². The van der Waals surface area contributed by atoms with Gasteiger partial charge in [0.2, 0.25) is 0 Å². The molecule has 11 rings (SSSR count). The van der Waals surface area contributed by atoms with E-state index in [4.69, 9.17) is 28.8 Å². The lowest BCUT2D eigenvalue weighted by Crippen LogP contribution is -2.61. The Balaban J connectivity index is 0.000000149. The third-order valence-electron chi connectivity index (χ3n) is 18.3. The molecule has 0 amide bonds. The van der Waals surface area contributed by atoms with Crippen LogP contribution in [0, 0.1) is 63.1 Å². The van der Waals surface area contributed by atoms with E-state index >= 15 is 0 Å². The van der Waals surface area contributed by atoms with Crippen LogP contribution in [0.4, 0.5) is 0 Å². The van der Waals surface area contributed by atoms with E-state index < -0.39 is 40.0 Å². The van der Waals surface area contributed by atoms with Crippen molar-refractivity contribution in [2.24, 2.45) is 63.1 Å².